The number of para-hydroxylation sites is 1. The molecule has 1 saturated heterocycles. The number of anilines is 1. The van der Waals surface area contributed by atoms with E-state index in [1.54, 1.807) is 21.3 Å². The molecule has 36 heavy (non-hydrogen) atoms. The van der Waals surface area contributed by atoms with Crippen LogP contribution in [0.1, 0.15) is 36.9 Å². The minimum Gasteiger partial charge on any atom is -0.320 e. The van der Waals surface area contributed by atoms with Crippen LogP contribution in [0, 0.1) is 6.92 Å². The summed E-state index contributed by atoms with van der Waals surface area (Å²) >= 11 is 6.73. The molecule has 1 aliphatic rings. The fourth-order valence-electron chi connectivity index (χ4n) is 4.04. The van der Waals surface area contributed by atoms with Crippen LogP contribution in [0.4, 0.5) is 5.69 Å². The van der Waals surface area contributed by atoms with Crippen molar-refractivity contribution in [3.63, 3.8) is 0 Å². The van der Waals surface area contributed by atoms with E-state index in [1.165, 1.54) is 11.8 Å². The second kappa shape index (κ2) is 11.5. The Labute approximate surface area is 219 Å². The molecule has 3 aromatic rings. The van der Waals surface area contributed by atoms with Gasteiger partial charge in [0.15, 0.2) is 0 Å². The topological polar surface area (TPSA) is 76.3 Å². The average Bonchev–Trinajstić information content (AvgIpc) is 3.26. The predicted octanol–water partition coefficient (Wildman–Crippen LogP) is 4.88. The van der Waals surface area contributed by atoms with Crippen LogP contribution in [-0.2, 0) is 16.6 Å². The van der Waals surface area contributed by atoms with Gasteiger partial charge in [-0.3, -0.25) is 24.0 Å². The van der Waals surface area contributed by atoms with Gasteiger partial charge in [0.25, 0.3) is 11.5 Å². The third-order valence-electron chi connectivity index (χ3n) is 6.08. The quantitative estimate of drug-likeness (QED) is 0.247. The lowest BCUT2D eigenvalue weighted by atomic mass is 10.1. The molecule has 9 heteroatoms. The molecule has 0 bridgehead atoms. The highest BCUT2D eigenvalue weighted by Crippen LogP contribution is 2.32. The Morgan fingerprint density at radius 2 is 1.67 bits per heavy atom. The van der Waals surface area contributed by atoms with Crippen molar-refractivity contribution in [2.24, 2.45) is 7.05 Å². The van der Waals surface area contributed by atoms with Crippen LogP contribution in [0.2, 0.25) is 0 Å². The second-order valence-corrected chi connectivity index (χ2v) is 10.2. The number of aromatic nitrogens is 2. The van der Waals surface area contributed by atoms with Crippen molar-refractivity contribution in [2.75, 3.05) is 11.9 Å². The van der Waals surface area contributed by atoms with Crippen molar-refractivity contribution in [3.05, 3.63) is 87.2 Å². The zero-order valence-electron chi connectivity index (χ0n) is 20.3. The summed E-state index contributed by atoms with van der Waals surface area (Å²) in [5, 5.41) is 2.80. The van der Waals surface area contributed by atoms with Crippen molar-refractivity contribution in [1.29, 1.82) is 0 Å². The number of unbranched alkanes of at least 4 members (excludes halogenated alkanes) is 2. The van der Waals surface area contributed by atoms with Crippen molar-refractivity contribution < 1.29 is 9.59 Å². The summed E-state index contributed by atoms with van der Waals surface area (Å²) in [4.78, 5) is 40.5. The summed E-state index contributed by atoms with van der Waals surface area (Å²) in [5.41, 5.74) is 2.44. The highest BCUT2D eigenvalue weighted by molar-refractivity contribution is 8.26. The zero-order chi connectivity index (χ0) is 25.7. The maximum Gasteiger partial charge on any atom is 0.295 e. The van der Waals surface area contributed by atoms with Gasteiger partial charge in [-0.1, -0.05) is 78.9 Å². The minimum absolute atomic E-state index is 0.0687. The fraction of sp³-hybridized carbons (Fsp3) is 0.259. The number of nitrogens with zero attached hydrogens (tertiary/aromatic N) is 3. The van der Waals surface area contributed by atoms with E-state index >= 15 is 0 Å². The Balaban J connectivity index is 1.26. The van der Waals surface area contributed by atoms with E-state index in [4.69, 9.17) is 12.2 Å². The molecule has 0 atom stereocenters. The first-order valence-corrected chi connectivity index (χ1v) is 13.0. The van der Waals surface area contributed by atoms with Crippen molar-refractivity contribution >= 4 is 51.9 Å². The summed E-state index contributed by atoms with van der Waals surface area (Å²) in [5.74, 6) is -0.265. The number of amides is 2. The van der Waals surface area contributed by atoms with Crippen LogP contribution < -0.4 is 10.9 Å². The molecule has 7 nitrogen and oxygen atoms in total. The number of benzene rings is 2. The van der Waals surface area contributed by atoms with Gasteiger partial charge in [0.1, 0.15) is 10.0 Å². The molecule has 2 heterocycles. The van der Waals surface area contributed by atoms with E-state index in [2.05, 4.69) is 5.32 Å². The third-order valence-corrected chi connectivity index (χ3v) is 7.45. The lowest BCUT2D eigenvalue weighted by molar-refractivity contribution is -0.122. The van der Waals surface area contributed by atoms with Crippen LogP contribution in [0.5, 0.6) is 0 Å². The van der Waals surface area contributed by atoms with Gasteiger partial charge in [-0.25, -0.2) is 4.68 Å². The van der Waals surface area contributed by atoms with E-state index < -0.39 is 0 Å². The highest BCUT2D eigenvalue weighted by atomic mass is 32.2. The van der Waals surface area contributed by atoms with Gasteiger partial charge in [-0.15, -0.1) is 0 Å². The number of thioether (sulfide) groups is 1. The molecular weight excluding hydrogens is 492 g/mol. The molecule has 0 saturated carbocycles. The standard InChI is InChI=1S/C27H28N4O3S2/c1-19-24(26(34)31(29(19)2)21-14-8-4-9-15-21)28-23(32)16-10-5-11-17-30-25(33)22(36-27(30)35)18-20-12-6-3-7-13-20/h3-4,6-9,12-15,18H,5,10-11,16-17H2,1-2H3,(H,28,32)/b22-18-. The number of carbonyl (C=O) groups excluding carboxylic acids is 2. The maximum absolute atomic E-state index is 12.9. The average molecular weight is 521 g/mol. The van der Waals surface area contributed by atoms with E-state index in [-0.39, 0.29) is 17.4 Å². The van der Waals surface area contributed by atoms with Gasteiger partial charge in [-0.2, -0.15) is 0 Å². The normalized spacial score (nSPS) is 14.6. The summed E-state index contributed by atoms with van der Waals surface area (Å²) in [7, 11) is 1.79. The maximum atomic E-state index is 12.9. The first kappa shape index (κ1) is 25.7. The third kappa shape index (κ3) is 5.68. The van der Waals surface area contributed by atoms with Gasteiger partial charge in [-0.05, 0) is 43.5 Å². The van der Waals surface area contributed by atoms with Crippen molar-refractivity contribution in [3.8, 4) is 5.69 Å². The molecule has 0 radical (unpaired) electrons. The lowest BCUT2D eigenvalue weighted by Gasteiger charge is -2.14. The molecule has 2 aromatic carbocycles. The first-order valence-electron chi connectivity index (χ1n) is 11.8. The monoisotopic (exact) mass is 520 g/mol. The summed E-state index contributed by atoms with van der Waals surface area (Å²) in [6.07, 6.45) is 4.32. The van der Waals surface area contributed by atoms with Gasteiger partial charge in [0, 0.05) is 20.0 Å². The number of hydrogen-bond donors (Lipinski definition) is 1. The Morgan fingerprint density at radius 1 is 1.00 bits per heavy atom. The van der Waals surface area contributed by atoms with Crippen LogP contribution >= 0.6 is 24.0 Å². The van der Waals surface area contributed by atoms with Crippen LogP contribution in [0.25, 0.3) is 11.8 Å². The lowest BCUT2D eigenvalue weighted by Crippen LogP contribution is -2.29. The van der Waals surface area contributed by atoms with Crippen molar-refractivity contribution in [1.82, 2.24) is 14.3 Å². The van der Waals surface area contributed by atoms with Gasteiger partial charge >= 0.3 is 0 Å². The summed E-state index contributed by atoms with van der Waals surface area (Å²) in [6, 6.07) is 19.0. The van der Waals surface area contributed by atoms with E-state index in [1.807, 2.05) is 73.7 Å². The first-order chi connectivity index (χ1) is 17.4. The molecule has 1 aromatic heterocycles. The molecule has 1 N–H and O–H groups in total. The van der Waals surface area contributed by atoms with Gasteiger partial charge in [0.2, 0.25) is 5.91 Å². The van der Waals surface area contributed by atoms with E-state index in [0.717, 1.165) is 24.1 Å². The highest BCUT2D eigenvalue weighted by Gasteiger charge is 2.31. The SMILES string of the molecule is Cc1c(NC(=O)CCCCCN2C(=O)/C(=C/c3ccccc3)SC2=S)c(=O)n(-c2ccccc2)n1C. The second-order valence-electron chi connectivity index (χ2n) is 8.54. The molecular formula is C27H28N4O3S2. The molecule has 4 rings (SSSR count). The number of thiocarbonyl (C=S) groups is 1. The Kier molecular flexibility index (Phi) is 8.22. The predicted molar refractivity (Wildman–Crippen MR) is 149 cm³/mol. The fourth-order valence-corrected chi connectivity index (χ4v) is 5.35. The number of rotatable bonds is 9. The smallest absolute Gasteiger partial charge is 0.295 e. The molecule has 186 valence electrons. The summed E-state index contributed by atoms with van der Waals surface area (Å²) in [6.45, 7) is 2.34. The number of nitrogens with one attached hydrogen (secondary N) is 1. The molecule has 1 aliphatic heterocycles. The molecule has 0 unspecified atom stereocenters. The van der Waals surface area contributed by atoms with Crippen LogP contribution in [0.3, 0.4) is 0 Å². The molecule has 2 amide bonds. The summed E-state index contributed by atoms with van der Waals surface area (Å²) < 4.78 is 3.84. The largest absolute Gasteiger partial charge is 0.320 e. The Bertz CT molecular complexity index is 1360. The number of hydrogen-bond acceptors (Lipinski definition) is 5. The number of carbonyl (C=O) groups is 2. The molecule has 1 fully saturated rings. The Morgan fingerprint density at radius 3 is 2.36 bits per heavy atom. The molecule has 0 aliphatic carbocycles. The van der Waals surface area contributed by atoms with Crippen LogP contribution in [-0.4, -0.2) is 36.9 Å². The van der Waals surface area contributed by atoms with Crippen molar-refractivity contribution in [2.45, 2.75) is 32.6 Å². The minimum atomic E-state index is -0.257. The zero-order valence-corrected chi connectivity index (χ0v) is 21.9. The van der Waals surface area contributed by atoms with E-state index in [0.29, 0.717) is 40.0 Å². The van der Waals surface area contributed by atoms with E-state index in [9.17, 15) is 14.4 Å². The van der Waals surface area contributed by atoms with Gasteiger partial charge < -0.3 is 5.32 Å². The van der Waals surface area contributed by atoms with Crippen LogP contribution in [0.15, 0.2) is 70.4 Å². The molecule has 0 spiro atoms. The Hall–Kier alpha value is -3.43. The van der Waals surface area contributed by atoms with Gasteiger partial charge in [0.05, 0.1) is 16.3 Å².